The van der Waals surface area contributed by atoms with Gasteiger partial charge in [-0.05, 0) is 30.7 Å². The number of nitriles is 1. The summed E-state index contributed by atoms with van der Waals surface area (Å²) in [6.45, 7) is 1.86. The Morgan fingerprint density at radius 2 is 2.10 bits per heavy atom. The zero-order valence-electron chi connectivity index (χ0n) is 10.9. The lowest BCUT2D eigenvalue weighted by Crippen LogP contribution is -1.98. The van der Waals surface area contributed by atoms with Gasteiger partial charge in [-0.1, -0.05) is 6.92 Å². The van der Waals surface area contributed by atoms with Crippen molar-refractivity contribution in [3.05, 3.63) is 53.6 Å². The molecule has 0 fully saturated rings. The first-order valence-electron chi connectivity index (χ1n) is 6.15. The number of ether oxygens (including phenoxy) is 1. The Labute approximate surface area is 116 Å². The topological polar surface area (TPSA) is 66.1 Å². The third-order valence-corrected chi connectivity index (χ3v) is 2.78. The molecule has 0 aliphatic heterocycles. The molecule has 20 heavy (non-hydrogen) atoms. The van der Waals surface area contributed by atoms with Crippen LogP contribution in [0.1, 0.15) is 30.7 Å². The van der Waals surface area contributed by atoms with Crippen LogP contribution >= 0.6 is 0 Å². The molecule has 4 nitrogen and oxygen atoms in total. The van der Waals surface area contributed by atoms with E-state index in [1.165, 1.54) is 18.3 Å². The first kappa shape index (κ1) is 14.0. The highest BCUT2D eigenvalue weighted by Crippen LogP contribution is 2.24. The van der Waals surface area contributed by atoms with Crippen molar-refractivity contribution in [1.82, 2.24) is 4.98 Å². The molecule has 1 atom stereocenters. The van der Waals surface area contributed by atoms with Crippen molar-refractivity contribution in [2.75, 3.05) is 0 Å². The average Bonchev–Trinajstić information content (AvgIpc) is 2.47. The van der Waals surface area contributed by atoms with E-state index in [4.69, 9.17) is 10.00 Å². The zero-order valence-corrected chi connectivity index (χ0v) is 10.9. The van der Waals surface area contributed by atoms with Crippen LogP contribution < -0.4 is 4.74 Å². The number of aromatic nitrogens is 1. The lowest BCUT2D eigenvalue weighted by Gasteiger charge is -2.09. The first-order valence-corrected chi connectivity index (χ1v) is 6.15. The normalized spacial score (nSPS) is 11.7. The van der Waals surface area contributed by atoms with E-state index in [1.807, 2.05) is 6.92 Å². The van der Waals surface area contributed by atoms with Crippen LogP contribution in [0.4, 0.5) is 4.39 Å². The standard InChI is InChI=1S/C15H13FN2O2/c1-2-15(19)14-6-5-12(9-18-14)20-11-4-3-10(8-17)13(16)7-11/h3-7,9,15,19H,2H2,1H3/t15-/m1/s1. The van der Waals surface area contributed by atoms with Gasteiger partial charge in [0.1, 0.15) is 23.4 Å². The molecule has 0 radical (unpaired) electrons. The van der Waals surface area contributed by atoms with Crippen LogP contribution in [0.5, 0.6) is 11.5 Å². The Hall–Kier alpha value is -2.45. The van der Waals surface area contributed by atoms with Crippen molar-refractivity contribution < 1.29 is 14.2 Å². The van der Waals surface area contributed by atoms with Gasteiger partial charge in [0.15, 0.2) is 0 Å². The minimum absolute atomic E-state index is 0.0307. The highest BCUT2D eigenvalue weighted by atomic mass is 19.1. The molecule has 1 N–H and O–H groups in total. The van der Waals surface area contributed by atoms with Gasteiger partial charge in [0.05, 0.1) is 23.6 Å². The smallest absolute Gasteiger partial charge is 0.145 e. The van der Waals surface area contributed by atoms with Gasteiger partial charge in [-0.25, -0.2) is 4.39 Å². The van der Waals surface area contributed by atoms with Gasteiger partial charge in [0.25, 0.3) is 0 Å². The molecule has 1 heterocycles. The molecule has 0 saturated carbocycles. The van der Waals surface area contributed by atoms with Crippen LogP contribution in [0.2, 0.25) is 0 Å². The fraction of sp³-hybridized carbons (Fsp3) is 0.200. The second kappa shape index (κ2) is 6.13. The molecule has 0 unspecified atom stereocenters. The molecule has 1 aromatic carbocycles. The summed E-state index contributed by atoms with van der Waals surface area (Å²) in [4.78, 5) is 4.08. The van der Waals surface area contributed by atoms with Crippen molar-refractivity contribution in [2.24, 2.45) is 0 Å². The maximum atomic E-state index is 13.4. The van der Waals surface area contributed by atoms with Crippen molar-refractivity contribution in [2.45, 2.75) is 19.4 Å². The van der Waals surface area contributed by atoms with Crippen molar-refractivity contribution >= 4 is 0 Å². The summed E-state index contributed by atoms with van der Waals surface area (Å²) in [5.74, 6) is 0.0873. The Morgan fingerprint density at radius 1 is 1.35 bits per heavy atom. The van der Waals surface area contributed by atoms with Crippen LogP contribution in [-0.2, 0) is 0 Å². The second-order valence-electron chi connectivity index (χ2n) is 4.20. The molecule has 1 aromatic heterocycles. The summed E-state index contributed by atoms with van der Waals surface area (Å²) in [5, 5.41) is 18.3. The maximum Gasteiger partial charge on any atom is 0.145 e. The fourth-order valence-corrected chi connectivity index (χ4v) is 1.64. The number of hydrogen-bond acceptors (Lipinski definition) is 4. The third kappa shape index (κ3) is 3.11. The van der Waals surface area contributed by atoms with Crippen LogP contribution in [0.15, 0.2) is 36.5 Å². The minimum atomic E-state index is -0.629. The predicted octanol–water partition coefficient (Wildman–Crippen LogP) is 3.33. The first-order chi connectivity index (χ1) is 9.63. The van der Waals surface area contributed by atoms with Crippen molar-refractivity contribution in [3.8, 4) is 17.6 Å². The SMILES string of the molecule is CC[C@@H](O)c1ccc(Oc2ccc(C#N)c(F)c2)cn1. The van der Waals surface area contributed by atoms with E-state index in [0.717, 1.165) is 6.07 Å². The Balaban J connectivity index is 2.14. The van der Waals surface area contributed by atoms with E-state index in [1.54, 1.807) is 18.2 Å². The molecule has 0 spiro atoms. The molecule has 5 heteroatoms. The summed E-state index contributed by atoms with van der Waals surface area (Å²) < 4.78 is 18.9. The minimum Gasteiger partial charge on any atom is -0.456 e. The summed E-state index contributed by atoms with van der Waals surface area (Å²) in [7, 11) is 0. The van der Waals surface area contributed by atoms with Crippen molar-refractivity contribution in [3.63, 3.8) is 0 Å². The molecule has 0 bridgehead atoms. The van der Waals surface area contributed by atoms with Gasteiger partial charge >= 0.3 is 0 Å². The van der Waals surface area contributed by atoms with E-state index >= 15 is 0 Å². The molecule has 2 rings (SSSR count). The van der Waals surface area contributed by atoms with Crippen molar-refractivity contribution in [1.29, 1.82) is 5.26 Å². The number of pyridine rings is 1. The van der Waals surface area contributed by atoms with Gasteiger partial charge in [-0.2, -0.15) is 5.26 Å². The Morgan fingerprint density at radius 3 is 2.65 bits per heavy atom. The molecule has 0 saturated heterocycles. The molecule has 2 aromatic rings. The zero-order chi connectivity index (χ0) is 14.5. The van der Waals surface area contributed by atoms with Crippen LogP contribution in [0, 0.1) is 17.1 Å². The quantitative estimate of drug-likeness (QED) is 0.927. The lowest BCUT2D eigenvalue weighted by molar-refractivity contribution is 0.169. The van der Waals surface area contributed by atoms with E-state index in [9.17, 15) is 9.50 Å². The lowest BCUT2D eigenvalue weighted by atomic mass is 10.2. The highest BCUT2D eigenvalue weighted by Gasteiger charge is 2.08. The van der Waals surface area contributed by atoms with Gasteiger partial charge in [-0.15, -0.1) is 0 Å². The second-order valence-corrected chi connectivity index (χ2v) is 4.20. The predicted molar refractivity (Wildman–Crippen MR) is 70.7 cm³/mol. The van der Waals surface area contributed by atoms with E-state index in [2.05, 4.69) is 4.98 Å². The average molecular weight is 272 g/mol. The van der Waals surface area contributed by atoms with E-state index < -0.39 is 11.9 Å². The Kier molecular flexibility index (Phi) is 4.28. The summed E-state index contributed by atoms with van der Waals surface area (Å²) in [6, 6.07) is 9.06. The van der Waals surface area contributed by atoms with Gasteiger partial charge in [-0.3, -0.25) is 4.98 Å². The highest BCUT2D eigenvalue weighted by molar-refractivity contribution is 5.38. The monoisotopic (exact) mass is 272 g/mol. The van der Waals surface area contributed by atoms with E-state index in [-0.39, 0.29) is 11.3 Å². The number of benzene rings is 1. The molecular formula is C15H13FN2O2. The van der Waals surface area contributed by atoms with Crippen LogP contribution in [0.25, 0.3) is 0 Å². The number of nitrogens with zero attached hydrogens (tertiary/aromatic N) is 2. The molecule has 0 aliphatic rings. The van der Waals surface area contributed by atoms with Gasteiger partial charge < -0.3 is 9.84 Å². The maximum absolute atomic E-state index is 13.4. The number of halogens is 1. The van der Waals surface area contributed by atoms with Crippen LogP contribution in [0.3, 0.4) is 0 Å². The number of aliphatic hydroxyl groups excluding tert-OH is 1. The van der Waals surface area contributed by atoms with Gasteiger partial charge in [0.2, 0.25) is 0 Å². The molecule has 0 amide bonds. The summed E-state index contributed by atoms with van der Waals surface area (Å²) >= 11 is 0. The number of aliphatic hydroxyl groups is 1. The third-order valence-electron chi connectivity index (χ3n) is 2.78. The molecule has 102 valence electrons. The largest absolute Gasteiger partial charge is 0.456 e. The van der Waals surface area contributed by atoms with Crippen LogP contribution in [-0.4, -0.2) is 10.1 Å². The fourth-order valence-electron chi connectivity index (χ4n) is 1.64. The molecular weight excluding hydrogens is 259 g/mol. The number of rotatable bonds is 4. The van der Waals surface area contributed by atoms with E-state index in [0.29, 0.717) is 17.9 Å². The summed E-state index contributed by atoms with van der Waals surface area (Å²) in [6.07, 6.45) is 1.44. The summed E-state index contributed by atoms with van der Waals surface area (Å²) in [5.41, 5.74) is 0.530. The Bertz CT molecular complexity index is 635. The number of hydrogen-bond donors (Lipinski definition) is 1. The van der Waals surface area contributed by atoms with Gasteiger partial charge in [0, 0.05) is 6.07 Å². The molecule has 0 aliphatic carbocycles.